The van der Waals surface area contributed by atoms with Crippen molar-refractivity contribution in [2.24, 2.45) is 5.92 Å². The molecule has 1 saturated carbocycles. The van der Waals surface area contributed by atoms with Crippen molar-refractivity contribution in [1.82, 2.24) is 5.32 Å². The zero-order valence-electron chi connectivity index (χ0n) is 12.6. The zero-order chi connectivity index (χ0) is 14.8. The Bertz CT molecular complexity index is 464. The second kappa shape index (κ2) is 5.96. The van der Waals surface area contributed by atoms with E-state index in [0.717, 1.165) is 24.8 Å². The molecule has 2 unspecified atom stereocenters. The molecule has 0 saturated heterocycles. The van der Waals surface area contributed by atoms with E-state index in [-0.39, 0.29) is 18.4 Å². The second-order valence-corrected chi connectivity index (χ2v) is 6.16. The SMILES string of the molecule is CCc1ccc(C(C)C(=O)NC(C)(CO)C2CC2)cc1. The van der Waals surface area contributed by atoms with E-state index in [0.29, 0.717) is 5.92 Å². The van der Waals surface area contributed by atoms with Crippen molar-refractivity contribution >= 4 is 5.91 Å². The minimum absolute atomic E-state index is 0.00213. The first-order valence-electron chi connectivity index (χ1n) is 7.52. The molecule has 110 valence electrons. The number of rotatable bonds is 6. The quantitative estimate of drug-likeness (QED) is 0.838. The first-order valence-corrected chi connectivity index (χ1v) is 7.52. The normalized spacial score (nSPS) is 19.2. The molecule has 1 aromatic carbocycles. The molecule has 0 bridgehead atoms. The maximum Gasteiger partial charge on any atom is 0.227 e. The number of carbonyl (C=O) groups excluding carboxylic acids is 1. The first-order chi connectivity index (χ1) is 9.50. The third kappa shape index (κ3) is 3.21. The monoisotopic (exact) mass is 275 g/mol. The minimum atomic E-state index is -0.464. The van der Waals surface area contributed by atoms with Gasteiger partial charge in [0.25, 0.3) is 0 Å². The van der Waals surface area contributed by atoms with Crippen LogP contribution in [0, 0.1) is 5.92 Å². The lowest BCUT2D eigenvalue weighted by Crippen LogP contribution is -2.51. The molecule has 0 radical (unpaired) electrons. The van der Waals surface area contributed by atoms with E-state index in [9.17, 15) is 9.90 Å². The van der Waals surface area contributed by atoms with Gasteiger partial charge < -0.3 is 10.4 Å². The lowest BCUT2D eigenvalue weighted by molar-refractivity contribution is -0.124. The van der Waals surface area contributed by atoms with E-state index < -0.39 is 5.54 Å². The van der Waals surface area contributed by atoms with E-state index in [1.54, 1.807) is 0 Å². The van der Waals surface area contributed by atoms with E-state index >= 15 is 0 Å². The molecule has 1 amide bonds. The van der Waals surface area contributed by atoms with E-state index in [2.05, 4.69) is 24.4 Å². The van der Waals surface area contributed by atoms with Gasteiger partial charge >= 0.3 is 0 Å². The van der Waals surface area contributed by atoms with Crippen molar-refractivity contribution in [3.8, 4) is 0 Å². The Kier molecular flexibility index (Phi) is 4.48. The van der Waals surface area contributed by atoms with E-state index in [1.807, 2.05) is 26.0 Å². The summed E-state index contributed by atoms with van der Waals surface area (Å²) >= 11 is 0. The molecule has 1 fully saturated rings. The molecule has 3 heteroatoms. The summed E-state index contributed by atoms with van der Waals surface area (Å²) in [5.74, 6) is 0.231. The molecule has 3 nitrogen and oxygen atoms in total. The minimum Gasteiger partial charge on any atom is -0.394 e. The van der Waals surface area contributed by atoms with E-state index in [4.69, 9.17) is 0 Å². The molecule has 2 atom stereocenters. The van der Waals surface area contributed by atoms with Crippen LogP contribution in [-0.4, -0.2) is 23.2 Å². The van der Waals surface area contributed by atoms with Crippen LogP contribution in [0.15, 0.2) is 24.3 Å². The van der Waals surface area contributed by atoms with Crippen molar-refractivity contribution in [3.63, 3.8) is 0 Å². The Morgan fingerprint density at radius 3 is 2.45 bits per heavy atom. The van der Waals surface area contributed by atoms with Crippen molar-refractivity contribution in [2.75, 3.05) is 6.61 Å². The molecule has 2 N–H and O–H groups in total. The summed E-state index contributed by atoms with van der Waals surface area (Å²) in [6, 6.07) is 8.20. The number of hydrogen-bond donors (Lipinski definition) is 2. The van der Waals surface area contributed by atoms with Gasteiger partial charge in [-0.1, -0.05) is 31.2 Å². The smallest absolute Gasteiger partial charge is 0.227 e. The predicted molar refractivity (Wildman–Crippen MR) is 80.6 cm³/mol. The number of aryl methyl sites for hydroxylation is 1. The third-order valence-electron chi connectivity index (χ3n) is 4.50. The zero-order valence-corrected chi connectivity index (χ0v) is 12.6. The topological polar surface area (TPSA) is 49.3 Å². The van der Waals surface area contributed by atoms with Crippen LogP contribution >= 0.6 is 0 Å². The summed E-state index contributed by atoms with van der Waals surface area (Å²) in [6.45, 7) is 5.98. The highest BCUT2D eigenvalue weighted by Crippen LogP contribution is 2.39. The van der Waals surface area contributed by atoms with Crippen LogP contribution in [0.1, 0.15) is 50.7 Å². The fourth-order valence-corrected chi connectivity index (χ4v) is 2.57. The Labute approximate surface area is 121 Å². The molecular weight excluding hydrogens is 250 g/mol. The lowest BCUT2D eigenvalue weighted by Gasteiger charge is -2.30. The average Bonchev–Trinajstić information content (AvgIpc) is 3.31. The molecular formula is C17H25NO2. The van der Waals surface area contributed by atoms with Gasteiger partial charge in [-0.25, -0.2) is 0 Å². The fourth-order valence-electron chi connectivity index (χ4n) is 2.57. The van der Waals surface area contributed by atoms with Crippen molar-refractivity contribution in [3.05, 3.63) is 35.4 Å². The van der Waals surface area contributed by atoms with Crippen LogP contribution in [-0.2, 0) is 11.2 Å². The first kappa shape index (κ1) is 15.0. The third-order valence-corrected chi connectivity index (χ3v) is 4.50. The van der Waals surface area contributed by atoms with Crippen molar-refractivity contribution in [2.45, 2.75) is 51.5 Å². The van der Waals surface area contributed by atoms with Gasteiger partial charge in [-0.3, -0.25) is 4.79 Å². The summed E-state index contributed by atoms with van der Waals surface area (Å²) in [5, 5.41) is 12.6. The Morgan fingerprint density at radius 1 is 1.40 bits per heavy atom. The fraction of sp³-hybridized carbons (Fsp3) is 0.588. The van der Waals surface area contributed by atoms with Crippen LogP contribution in [0.4, 0.5) is 0 Å². The number of nitrogens with one attached hydrogen (secondary N) is 1. The molecule has 0 spiro atoms. The van der Waals surface area contributed by atoms with Gasteiger partial charge in [-0.2, -0.15) is 0 Å². The maximum atomic E-state index is 12.4. The van der Waals surface area contributed by atoms with Gasteiger partial charge in [0.2, 0.25) is 5.91 Å². The molecule has 0 heterocycles. The van der Waals surface area contributed by atoms with Gasteiger partial charge in [-0.05, 0) is 50.2 Å². The van der Waals surface area contributed by atoms with E-state index in [1.165, 1.54) is 5.56 Å². The number of hydrogen-bond acceptors (Lipinski definition) is 2. The van der Waals surface area contributed by atoms with Gasteiger partial charge in [0.1, 0.15) is 0 Å². The summed E-state index contributed by atoms with van der Waals surface area (Å²) in [7, 11) is 0. The van der Waals surface area contributed by atoms with Gasteiger partial charge in [0.05, 0.1) is 18.1 Å². The average molecular weight is 275 g/mol. The highest BCUT2D eigenvalue weighted by atomic mass is 16.3. The number of amides is 1. The van der Waals surface area contributed by atoms with Gasteiger partial charge in [-0.15, -0.1) is 0 Å². The second-order valence-electron chi connectivity index (χ2n) is 6.16. The Balaban J connectivity index is 2.03. The van der Waals surface area contributed by atoms with Crippen LogP contribution < -0.4 is 5.32 Å². The van der Waals surface area contributed by atoms with Gasteiger partial charge in [0.15, 0.2) is 0 Å². The summed E-state index contributed by atoms with van der Waals surface area (Å²) < 4.78 is 0. The Morgan fingerprint density at radius 2 is 2.00 bits per heavy atom. The molecule has 0 aliphatic heterocycles. The molecule has 0 aromatic heterocycles. The van der Waals surface area contributed by atoms with Crippen LogP contribution in [0.5, 0.6) is 0 Å². The maximum absolute atomic E-state index is 12.4. The summed E-state index contributed by atoms with van der Waals surface area (Å²) in [6.07, 6.45) is 3.19. The largest absolute Gasteiger partial charge is 0.394 e. The number of aliphatic hydroxyl groups excluding tert-OH is 1. The lowest BCUT2D eigenvalue weighted by atomic mass is 9.93. The van der Waals surface area contributed by atoms with Crippen LogP contribution in [0.2, 0.25) is 0 Å². The molecule has 1 aliphatic rings. The molecule has 2 rings (SSSR count). The molecule has 1 aromatic rings. The number of benzene rings is 1. The Hall–Kier alpha value is -1.35. The molecule has 1 aliphatic carbocycles. The highest BCUT2D eigenvalue weighted by Gasteiger charge is 2.42. The number of carbonyl (C=O) groups is 1. The van der Waals surface area contributed by atoms with Crippen molar-refractivity contribution in [1.29, 1.82) is 0 Å². The van der Waals surface area contributed by atoms with Crippen LogP contribution in [0.3, 0.4) is 0 Å². The standard InChI is InChI=1S/C17H25NO2/c1-4-13-5-7-14(8-6-13)12(2)16(20)18-17(3,11-19)15-9-10-15/h5-8,12,15,19H,4,9-11H2,1-3H3,(H,18,20). The predicted octanol–water partition coefficient (Wildman–Crippen LogP) is 2.63. The molecule has 20 heavy (non-hydrogen) atoms. The highest BCUT2D eigenvalue weighted by molar-refractivity contribution is 5.84. The van der Waals surface area contributed by atoms with Gasteiger partial charge in [0, 0.05) is 0 Å². The summed E-state index contributed by atoms with van der Waals surface area (Å²) in [5.41, 5.74) is 1.84. The van der Waals surface area contributed by atoms with Crippen LogP contribution in [0.25, 0.3) is 0 Å². The summed E-state index contributed by atoms with van der Waals surface area (Å²) in [4.78, 5) is 12.4. The number of aliphatic hydroxyl groups is 1. The van der Waals surface area contributed by atoms with Crippen molar-refractivity contribution < 1.29 is 9.90 Å².